The van der Waals surface area contributed by atoms with Gasteiger partial charge in [-0.05, 0) is 72.8 Å². The minimum Gasteiger partial charge on any atom is -0.398 e. The highest BCUT2D eigenvalue weighted by atomic mass is 32.2. The summed E-state index contributed by atoms with van der Waals surface area (Å²) in [6, 6.07) is 3.86. The van der Waals surface area contributed by atoms with Gasteiger partial charge in [0.15, 0.2) is 5.78 Å². The number of carbonyl (C=O) groups is 3. The summed E-state index contributed by atoms with van der Waals surface area (Å²) in [5.74, 6) is -6.17. The molecule has 0 radical (unpaired) electrons. The minimum atomic E-state index is -6.18. The lowest BCUT2D eigenvalue weighted by Crippen LogP contribution is -2.24. The number of hydrogen-bond acceptors (Lipinski definition) is 21. The maximum absolute atomic E-state index is 14.6. The third-order valence-electron chi connectivity index (χ3n) is 10.1. The lowest BCUT2D eigenvalue weighted by molar-refractivity contribution is 0.101. The van der Waals surface area contributed by atoms with Crippen molar-refractivity contribution in [2.75, 3.05) is 22.1 Å². The van der Waals surface area contributed by atoms with Crippen molar-refractivity contribution in [2.45, 2.75) is 39.2 Å². The van der Waals surface area contributed by atoms with Crippen LogP contribution in [0.25, 0.3) is 21.5 Å². The second-order valence-electron chi connectivity index (χ2n) is 14.8. The Balaban J connectivity index is 1.63. The van der Waals surface area contributed by atoms with Crippen molar-refractivity contribution in [2.24, 2.45) is 0 Å². The highest BCUT2D eigenvalue weighted by Gasteiger charge is 2.37. The predicted octanol–water partition coefficient (Wildman–Crippen LogP) is 0.867. The second kappa shape index (κ2) is 18.3. The van der Waals surface area contributed by atoms with Gasteiger partial charge in [-0.1, -0.05) is 0 Å². The van der Waals surface area contributed by atoms with Crippen LogP contribution in [0.3, 0.4) is 0 Å². The standard InChI is InChI=1S/C35H26N4O27S8/c36-19-3-1-15(34(41)38-21-11-13(67(43,44)45)9-17-23(69(49,50)51)5-7-25(27(17)21)71(55,56)57)32(73(61,62)63)29(19)31(40)30-20(37)4-2-16(33(30)74(64,65)66)35(42)39-22-12-14(68(46,47)48)10-18-24(70(52,53)54)6-8-26(28(18)22)72(58,59)60/h1-12H,36-37H2,(H,38,41)(H,39,42)(H,43,44,45)(H,46,47,48)(H,49,50,51)(H,52,53,54)(H,55,56,57)(H,58,59,60)(H,61,62,63)(H,64,65,66). The molecule has 0 aliphatic carbocycles. The predicted molar refractivity (Wildman–Crippen MR) is 247 cm³/mol. The molecule has 0 atom stereocenters. The topological polar surface area (TPSA) is 562 Å². The number of rotatable bonds is 14. The molecule has 6 aromatic rings. The lowest BCUT2D eigenvalue weighted by atomic mass is 9.96. The third kappa shape index (κ3) is 10.9. The maximum Gasteiger partial charge on any atom is 0.296 e. The number of hydrogen-bond donors (Lipinski definition) is 12. The van der Waals surface area contributed by atoms with E-state index >= 15 is 0 Å². The molecule has 0 saturated heterocycles. The van der Waals surface area contributed by atoms with Gasteiger partial charge in [0.1, 0.15) is 29.4 Å². The Morgan fingerprint density at radius 3 is 0.905 bits per heavy atom. The van der Waals surface area contributed by atoms with Gasteiger partial charge in [0, 0.05) is 32.9 Å². The summed E-state index contributed by atoms with van der Waals surface area (Å²) in [6.07, 6.45) is 0. The van der Waals surface area contributed by atoms with Crippen molar-refractivity contribution in [1.29, 1.82) is 0 Å². The molecule has 0 bridgehead atoms. The molecule has 6 aromatic carbocycles. The van der Waals surface area contributed by atoms with Crippen LogP contribution in [-0.2, 0) is 80.9 Å². The zero-order valence-electron chi connectivity index (χ0n) is 35.2. The van der Waals surface area contributed by atoms with E-state index in [-0.39, 0.29) is 24.3 Å². The molecule has 39 heteroatoms. The van der Waals surface area contributed by atoms with Crippen LogP contribution in [0.2, 0.25) is 0 Å². The smallest absolute Gasteiger partial charge is 0.296 e. The van der Waals surface area contributed by atoms with Crippen LogP contribution >= 0.6 is 0 Å². The zero-order chi connectivity index (χ0) is 56.2. The number of amides is 2. The Morgan fingerprint density at radius 2 is 0.649 bits per heavy atom. The summed E-state index contributed by atoms with van der Waals surface area (Å²) in [6.45, 7) is 0. The van der Waals surface area contributed by atoms with Crippen LogP contribution in [0.5, 0.6) is 0 Å². The molecule has 14 N–H and O–H groups in total. The van der Waals surface area contributed by atoms with Crippen LogP contribution in [0.1, 0.15) is 36.6 Å². The number of fused-ring (bicyclic) bond motifs is 2. The monoisotopic (exact) mass is 1190 g/mol. The first-order valence-electron chi connectivity index (χ1n) is 18.4. The lowest BCUT2D eigenvalue weighted by Gasteiger charge is -2.19. The summed E-state index contributed by atoms with van der Waals surface area (Å²) in [5, 5.41) is -1.26. The normalized spacial score (nSPS) is 13.2. The van der Waals surface area contributed by atoms with Crippen molar-refractivity contribution >= 4 is 143 Å². The quantitative estimate of drug-likeness (QED) is 0.0409. The van der Waals surface area contributed by atoms with E-state index in [2.05, 4.69) is 0 Å². The molecule has 0 aliphatic rings. The van der Waals surface area contributed by atoms with Crippen LogP contribution in [-0.4, -0.2) is 121 Å². The van der Waals surface area contributed by atoms with E-state index < -0.39 is 204 Å². The molecule has 0 unspecified atom stereocenters. The zero-order valence-corrected chi connectivity index (χ0v) is 41.7. The summed E-state index contributed by atoms with van der Waals surface area (Å²) in [4.78, 5) is 30.7. The molecule has 0 fully saturated rings. The molecule has 0 aliphatic heterocycles. The number of nitrogen functional groups attached to an aromatic ring is 2. The SMILES string of the molecule is Nc1ccc(C(=O)Nc2cc(S(=O)(=O)O)cc3c(S(=O)(=O)O)ccc(S(=O)(=O)O)c23)c(S(=O)(=O)O)c1C(=O)c1c(N)ccc(C(=O)Nc2cc(S(=O)(=O)O)cc3c(S(=O)(=O)O)ccc(S(=O)(=O)O)c23)c1S(=O)(=O)O. The molecule has 0 heterocycles. The van der Waals surface area contributed by atoms with Crippen LogP contribution in [0.4, 0.5) is 22.7 Å². The fourth-order valence-electron chi connectivity index (χ4n) is 7.24. The first-order valence-corrected chi connectivity index (χ1v) is 29.9. The van der Waals surface area contributed by atoms with Crippen LogP contribution < -0.4 is 22.1 Å². The molecule has 6 rings (SSSR count). The first-order chi connectivity index (χ1) is 33.4. The third-order valence-corrected chi connectivity index (χ3v) is 17.2. The number of benzene rings is 6. The molecule has 0 aromatic heterocycles. The van der Waals surface area contributed by atoms with Crippen molar-refractivity contribution in [3.05, 3.63) is 95.1 Å². The Hall–Kier alpha value is -6.67. The van der Waals surface area contributed by atoms with Crippen LogP contribution in [0, 0.1) is 0 Å². The number of ketones is 1. The molecule has 2 amide bonds. The second-order valence-corrected chi connectivity index (χ2v) is 25.9. The highest BCUT2D eigenvalue weighted by Crippen LogP contribution is 2.41. The fraction of sp³-hybridized carbons (Fsp3) is 0. The van der Waals surface area contributed by atoms with E-state index in [0.29, 0.717) is 48.5 Å². The van der Waals surface area contributed by atoms with Gasteiger partial charge in [-0.25, -0.2) is 0 Å². The number of nitrogens with two attached hydrogens (primary N) is 2. The molecule has 31 nitrogen and oxygen atoms in total. The van der Waals surface area contributed by atoms with Crippen LogP contribution in [0.15, 0.2) is 112 Å². The maximum atomic E-state index is 14.6. The average molecular weight is 1190 g/mol. The van der Waals surface area contributed by atoms with Crippen molar-refractivity contribution < 1.29 is 118 Å². The molecule has 0 saturated carbocycles. The molecule has 74 heavy (non-hydrogen) atoms. The van der Waals surface area contributed by atoms with E-state index in [4.69, 9.17) is 11.5 Å². The van der Waals surface area contributed by atoms with Gasteiger partial charge in [-0.3, -0.25) is 50.8 Å². The Morgan fingerprint density at radius 1 is 0.365 bits per heavy atom. The molecular weight excluding hydrogens is 1160 g/mol. The Bertz CT molecular complexity index is 4250. The molecule has 0 spiro atoms. The summed E-state index contributed by atoms with van der Waals surface area (Å²) < 4.78 is 282. The number of nitrogens with one attached hydrogen (secondary N) is 2. The van der Waals surface area contributed by atoms with Gasteiger partial charge in [0.05, 0.1) is 43.4 Å². The average Bonchev–Trinajstić information content (AvgIpc) is 3.22. The summed E-state index contributed by atoms with van der Waals surface area (Å²) in [5.41, 5.74) is 0.607. The van der Waals surface area contributed by atoms with Gasteiger partial charge in [0.2, 0.25) is 0 Å². The van der Waals surface area contributed by atoms with E-state index in [9.17, 15) is 118 Å². The Kier molecular flexibility index (Phi) is 14.0. The van der Waals surface area contributed by atoms with Gasteiger partial charge in [-0.2, -0.15) is 67.3 Å². The largest absolute Gasteiger partial charge is 0.398 e. The molecular formula is C35H26N4O27S8. The van der Waals surface area contributed by atoms with Crippen molar-refractivity contribution in [3.63, 3.8) is 0 Å². The van der Waals surface area contributed by atoms with E-state index in [1.807, 2.05) is 0 Å². The summed E-state index contributed by atoms with van der Waals surface area (Å²) in [7, 11) is -45.6. The van der Waals surface area contributed by atoms with Gasteiger partial charge >= 0.3 is 0 Å². The van der Waals surface area contributed by atoms with Gasteiger partial charge in [-0.15, -0.1) is 0 Å². The van der Waals surface area contributed by atoms with E-state index in [0.717, 1.165) is 0 Å². The van der Waals surface area contributed by atoms with E-state index in [1.165, 1.54) is 0 Å². The highest BCUT2D eigenvalue weighted by molar-refractivity contribution is 7.88. The minimum absolute atomic E-state index is 0.197. The molecule has 396 valence electrons. The van der Waals surface area contributed by atoms with Gasteiger partial charge in [0.25, 0.3) is 92.8 Å². The van der Waals surface area contributed by atoms with E-state index in [1.54, 1.807) is 10.6 Å². The first kappa shape index (κ1) is 56.6. The fourth-order valence-corrected chi connectivity index (χ4v) is 12.9. The number of anilines is 4. The summed E-state index contributed by atoms with van der Waals surface area (Å²) >= 11 is 0. The van der Waals surface area contributed by atoms with Crippen molar-refractivity contribution in [3.8, 4) is 0 Å². The Labute approximate surface area is 414 Å². The number of carbonyl (C=O) groups excluding carboxylic acids is 3. The van der Waals surface area contributed by atoms with Crippen molar-refractivity contribution in [1.82, 2.24) is 0 Å². The van der Waals surface area contributed by atoms with Gasteiger partial charge < -0.3 is 22.1 Å².